The number of rotatable bonds is 7. The summed E-state index contributed by atoms with van der Waals surface area (Å²) in [6.45, 7) is 3.53. The first-order valence-corrected chi connectivity index (χ1v) is 11.9. The number of esters is 1. The molecule has 2 heterocycles. The number of methoxy groups -OCH3 is 3. The van der Waals surface area contributed by atoms with Gasteiger partial charge in [0.05, 0.1) is 49.8 Å². The predicted octanol–water partition coefficient (Wildman–Crippen LogP) is 2.96. The van der Waals surface area contributed by atoms with Crippen LogP contribution in [0.2, 0.25) is 0 Å². The Hall–Kier alpha value is -3.92. The van der Waals surface area contributed by atoms with Crippen LogP contribution < -0.4 is 29.1 Å². The first-order chi connectivity index (χ1) is 17.3. The van der Waals surface area contributed by atoms with Gasteiger partial charge >= 0.3 is 5.97 Å². The zero-order valence-electron chi connectivity index (χ0n) is 20.5. The SMILES string of the molecule is CCOC(=O)C1=C(C)N=c2sc(=Cc3ccccc3F)c(=O)n2C1c1cc(OC)c(OC)c(OC)c1. The van der Waals surface area contributed by atoms with E-state index in [-0.39, 0.29) is 22.3 Å². The molecule has 1 atom stereocenters. The molecule has 8 nitrogen and oxygen atoms in total. The van der Waals surface area contributed by atoms with Gasteiger partial charge in [-0.2, -0.15) is 0 Å². The van der Waals surface area contributed by atoms with E-state index in [4.69, 9.17) is 18.9 Å². The quantitative estimate of drug-likeness (QED) is 0.453. The van der Waals surface area contributed by atoms with E-state index in [1.54, 1.807) is 44.2 Å². The van der Waals surface area contributed by atoms with E-state index in [1.807, 2.05) is 0 Å². The van der Waals surface area contributed by atoms with E-state index < -0.39 is 23.4 Å². The molecule has 0 bridgehead atoms. The molecule has 1 aliphatic rings. The van der Waals surface area contributed by atoms with Crippen LogP contribution in [0.15, 0.2) is 57.5 Å². The lowest BCUT2D eigenvalue weighted by molar-refractivity contribution is -0.139. The Bertz CT molecular complexity index is 1510. The molecule has 1 unspecified atom stereocenters. The molecular formula is C26H25FN2O6S. The monoisotopic (exact) mass is 512 g/mol. The lowest BCUT2D eigenvalue weighted by atomic mass is 9.95. The topological polar surface area (TPSA) is 88.4 Å². The lowest BCUT2D eigenvalue weighted by Gasteiger charge is -2.26. The number of benzene rings is 2. The highest BCUT2D eigenvalue weighted by atomic mass is 32.1. The molecule has 4 rings (SSSR count). The van der Waals surface area contributed by atoms with Gasteiger partial charge in [-0.1, -0.05) is 29.5 Å². The number of fused-ring (bicyclic) bond motifs is 1. The van der Waals surface area contributed by atoms with Crippen LogP contribution in [0.5, 0.6) is 17.2 Å². The van der Waals surface area contributed by atoms with Gasteiger partial charge in [0.25, 0.3) is 5.56 Å². The maximum Gasteiger partial charge on any atom is 0.338 e. The van der Waals surface area contributed by atoms with Crippen LogP contribution in [-0.2, 0) is 9.53 Å². The summed E-state index contributed by atoms with van der Waals surface area (Å²) in [7, 11) is 4.45. The molecule has 0 fully saturated rings. The zero-order chi connectivity index (χ0) is 26.0. The number of nitrogens with zero attached hydrogens (tertiary/aromatic N) is 2. The standard InChI is InChI=1S/C26H25FN2O6S/c1-6-35-25(31)21-14(2)28-26-29(24(30)20(36-26)13-15-9-7-8-10-17(15)27)22(21)16-11-18(32-3)23(34-5)19(12-16)33-4/h7-13,22H,6H2,1-5H3. The number of ether oxygens (including phenoxy) is 4. The van der Waals surface area contributed by atoms with Crippen molar-refractivity contribution in [2.45, 2.75) is 19.9 Å². The number of carbonyl (C=O) groups excluding carboxylic acids is 1. The molecule has 1 aliphatic heterocycles. The number of hydrogen-bond donors (Lipinski definition) is 0. The van der Waals surface area contributed by atoms with Gasteiger partial charge in [0.15, 0.2) is 16.3 Å². The molecule has 36 heavy (non-hydrogen) atoms. The van der Waals surface area contributed by atoms with Crippen LogP contribution in [0.25, 0.3) is 6.08 Å². The number of aromatic nitrogens is 1. The summed E-state index contributed by atoms with van der Waals surface area (Å²) in [6.07, 6.45) is 1.48. The van der Waals surface area contributed by atoms with E-state index in [9.17, 15) is 14.0 Å². The minimum Gasteiger partial charge on any atom is -0.493 e. The molecule has 0 radical (unpaired) electrons. The van der Waals surface area contributed by atoms with Crippen LogP contribution >= 0.6 is 11.3 Å². The number of allylic oxidation sites excluding steroid dienone is 1. The third-order valence-electron chi connectivity index (χ3n) is 5.71. The number of halogens is 1. The van der Waals surface area contributed by atoms with Gasteiger partial charge in [-0.3, -0.25) is 9.36 Å². The van der Waals surface area contributed by atoms with Gasteiger partial charge in [-0.05, 0) is 43.7 Å². The number of thiazole rings is 1. The molecular weight excluding hydrogens is 487 g/mol. The van der Waals surface area contributed by atoms with Crippen molar-refractivity contribution in [3.8, 4) is 17.2 Å². The summed E-state index contributed by atoms with van der Waals surface area (Å²) in [5.74, 6) is 0.0410. The Labute approximate surface area is 210 Å². The van der Waals surface area contributed by atoms with E-state index >= 15 is 0 Å². The molecule has 0 saturated heterocycles. The number of carbonyl (C=O) groups is 1. The summed E-state index contributed by atoms with van der Waals surface area (Å²) in [6, 6.07) is 8.64. The van der Waals surface area contributed by atoms with Crippen molar-refractivity contribution in [3.05, 3.63) is 84.3 Å². The Balaban J connectivity index is 2.03. The van der Waals surface area contributed by atoms with Gasteiger partial charge in [-0.25, -0.2) is 14.2 Å². The fourth-order valence-electron chi connectivity index (χ4n) is 4.10. The Morgan fingerprint density at radius 3 is 2.39 bits per heavy atom. The third kappa shape index (κ3) is 4.39. The van der Waals surface area contributed by atoms with Crippen molar-refractivity contribution in [2.24, 2.45) is 4.99 Å². The zero-order valence-corrected chi connectivity index (χ0v) is 21.3. The summed E-state index contributed by atoms with van der Waals surface area (Å²) in [5, 5.41) is 0. The maximum atomic E-state index is 14.3. The highest BCUT2D eigenvalue weighted by Crippen LogP contribution is 2.42. The van der Waals surface area contributed by atoms with Crippen molar-refractivity contribution in [2.75, 3.05) is 27.9 Å². The lowest BCUT2D eigenvalue weighted by Crippen LogP contribution is -2.40. The van der Waals surface area contributed by atoms with Crippen LogP contribution in [0, 0.1) is 5.82 Å². The maximum absolute atomic E-state index is 14.3. The minimum atomic E-state index is -0.892. The van der Waals surface area contributed by atoms with Gasteiger partial charge in [0.2, 0.25) is 5.75 Å². The Morgan fingerprint density at radius 1 is 1.14 bits per heavy atom. The average Bonchev–Trinajstić information content (AvgIpc) is 3.17. The Kier molecular flexibility index (Phi) is 7.25. The van der Waals surface area contributed by atoms with Crippen molar-refractivity contribution < 1.29 is 28.1 Å². The number of hydrogen-bond acceptors (Lipinski definition) is 8. The predicted molar refractivity (Wildman–Crippen MR) is 133 cm³/mol. The summed E-state index contributed by atoms with van der Waals surface area (Å²) in [5.41, 5.74) is 0.991. The van der Waals surface area contributed by atoms with Gasteiger partial charge < -0.3 is 18.9 Å². The Morgan fingerprint density at radius 2 is 1.81 bits per heavy atom. The first kappa shape index (κ1) is 25.2. The molecule has 0 amide bonds. The second-order valence-corrected chi connectivity index (χ2v) is 8.79. The molecule has 0 aliphatic carbocycles. The third-order valence-corrected chi connectivity index (χ3v) is 6.69. The van der Waals surface area contributed by atoms with E-state index in [2.05, 4.69) is 4.99 Å². The summed E-state index contributed by atoms with van der Waals surface area (Å²) in [4.78, 5) is 31.7. The summed E-state index contributed by atoms with van der Waals surface area (Å²) < 4.78 is 37.8. The molecule has 188 valence electrons. The van der Waals surface area contributed by atoms with E-state index in [1.165, 1.54) is 38.0 Å². The second kappa shape index (κ2) is 10.4. The van der Waals surface area contributed by atoms with Crippen LogP contribution in [-0.4, -0.2) is 38.5 Å². The highest BCUT2D eigenvalue weighted by Gasteiger charge is 2.34. The van der Waals surface area contributed by atoms with E-state index in [0.29, 0.717) is 33.3 Å². The molecule has 3 aromatic rings. The molecule has 0 spiro atoms. The van der Waals surface area contributed by atoms with Gasteiger partial charge in [0.1, 0.15) is 5.82 Å². The van der Waals surface area contributed by atoms with Crippen molar-refractivity contribution in [1.29, 1.82) is 0 Å². The minimum absolute atomic E-state index is 0.148. The van der Waals surface area contributed by atoms with Crippen molar-refractivity contribution in [1.82, 2.24) is 4.57 Å². The van der Waals surface area contributed by atoms with Crippen LogP contribution in [0.3, 0.4) is 0 Å². The smallest absolute Gasteiger partial charge is 0.338 e. The largest absolute Gasteiger partial charge is 0.493 e. The van der Waals surface area contributed by atoms with Crippen molar-refractivity contribution >= 4 is 23.4 Å². The molecule has 1 aromatic heterocycles. The van der Waals surface area contributed by atoms with E-state index in [0.717, 1.165) is 11.3 Å². The normalized spacial score (nSPS) is 15.3. The van der Waals surface area contributed by atoms with Gasteiger partial charge in [0, 0.05) is 5.56 Å². The average molecular weight is 513 g/mol. The fraction of sp³-hybridized carbons (Fsp3) is 0.269. The second-order valence-electron chi connectivity index (χ2n) is 7.78. The first-order valence-electron chi connectivity index (χ1n) is 11.1. The molecule has 0 saturated carbocycles. The van der Waals surface area contributed by atoms with Gasteiger partial charge in [-0.15, -0.1) is 0 Å². The molecule has 2 aromatic carbocycles. The summed E-state index contributed by atoms with van der Waals surface area (Å²) >= 11 is 1.11. The molecule has 10 heteroatoms. The molecule has 0 N–H and O–H groups in total. The van der Waals surface area contributed by atoms with Crippen LogP contribution in [0.1, 0.15) is 31.0 Å². The highest BCUT2D eigenvalue weighted by molar-refractivity contribution is 7.07. The fourth-order valence-corrected chi connectivity index (χ4v) is 5.14. The van der Waals surface area contributed by atoms with Crippen molar-refractivity contribution in [3.63, 3.8) is 0 Å². The van der Waals surface area contributed by atoms with Crippen LogP contribution in [0.4, 0.5) is 4.39 Å².